The number of carbonyl (C=O) groups excluding carboxylic acids is 1. The summed E-state index contributed by atoms with van der Waals surface area (Å²) in [6, 6.07) is 7.98. The van der Waals surface area contributed by atoms with Crippen LogP contribution in [0.15, 0.2) is 53.5 Å². The molecular weight excluding hydrogens is 392 g/mol. The lowest BCUT2D eigenvalue weighted by molar-refractivity contribution is 0.0992. The molecule has 0 atom stereocenters. The molecule has 0 radical (unpaired) electrons. The predicted octanol–water partition coefficient (Wildman–Crippen LogP) is 3.68. The number of fused-ring (bicyclic) bond motifs is 1. The number of likely N-dealkylation sites (tertiary alicyclic amines) is 1. The maximum atomic E-state index is 12.7. The average molecular weight is 416 g/mol. The molecule has 4 aromatic rings. The van der Waals surface area contributed by atoms with Crippen LogP contribution in [0.1, 0.15) is 35.2 Å². The SMILES string of the molecule is CN1CCC(c2ncc(C(=O)Nc3cc4cc(-c5cnn(C)c5)ccc4cn3)o2)CC1. The minimum Gasteiger partial charge on any atom is -0.435 e. The largest absolute Gasteiger partial charge is 0.435 e. The van der Waals surface area contributed by atoms with Gasteiger partial charge in [-0.2, -0.15) is 5.10 Å². The van der Waals surface area contributed by atoms with Crippen molar-refractivity contribution in [1.29, 1.82) is 0 Å². The van der Waals surface area contributed by atoms with Crippen molar-refractivity contribution in [2.45, 2.75) is 18.8 Å². The number of aryl methyl sites for hydroxylation is 1. The highest BCUT2D eigenvalue weighted by Gasteiger charge is 2.24. The van der Waals surface area contributed by atoms with Gasteiger partial charge in [-0.3, -0.25) is 9.48 Å². The highest BCUT2D eigenvalue weighted by atomic mass is 16.4. The number of oxazole rings is 1. The first kappa shape index (κ1) is 19.4. The molecule has 8 heteroatoms. The van der Waals surface area contributed by atoms with E-state index in [4.69, 9.17) is 4.42 Å². The number of hydrogen-bond donors (Lipinski definition) is 1. The van der Waals surface area contributed by atoms with E-state index in [0.717, 1.165) is 47.8 Å². The third-order valence-electron chi connectivity index (χ3n) is 5.82. The zero-order chi connectivity index (χ0) is 21.4. The van der Waals surface area contributed by atoms with E-state index in [-0.39, 0.29) is 17.6 Å². The highest BCUT2D eigenvalue weighted by molar-refractivity contribution is 6.02. The zero-order valence-corrected chi connectivity index (χ0v) is 17.6. The van der Waals surface area contributed by atoms with E-state index in [2.05, 4.69) is 38.4 Å². The van der Waals surface area contributed by atoms with Gasteiger partial charge >= 0.3 is 0 Å². The van der Waals surface area contributed by atoms with Gasteiger partial charge in [0.05, 0.1) is 12.4 Å². The Hall–Kier alpha value is -3.52. The fraction of sp³-hybridized carbons (Fsp3) is 0.304. The first-order chi connectivity index (χ1) is 15.0. The van der Waals surface area contributed by atoms with Crippen molar-refractivity contribution in [2.75, 3.05) is 25.5 Å². The summed E-state index contributed by atoms with van der Waals surface area (Å²) in [4.78, 5) is 23.7. The minimum atomic E-state index is -0.345. The molecule has 0 unspecified atom stereocenters. The molecule has 0 bridgehead atoms. The van der Waals surface area contributed by atoms with Crippen LogP contribution in [0.5, 0.6) is 0 Å². The number of piperidine rings is 1. The summed E-state index contributed by atoms with van der Waals surface area (Å²) < 4.78 is 7.55. The maximum Gasteiger partial charge on any atom is 0.294 e. The number of nitrogens with one attached hydrogen (secondary N) is 1. The quantitative estimate of drug-likeness (QED) is 0.546. The molecule has 3 aromatic heterocycles. The molecular formula is C23H24N6O2. The van der Waals surface area contributed by atoms with Crippen molar-refractivity contribution in [2.24, 2.45) is 7.05 Å². The van der Waals surface area contributed by atoms with E-state index in [1.807, 2.05) is 37.6 Å². The van der Waals surface area contributed by atoms with Crippen LogP contribution in [0.25, 0.3) is 21.9 Å². The zero-order valence-electron chi connectivity index (χ0n) is 17.6. The highest BCUT2D eigenvalue weighted by Crippen LogP contribution is 2.28. The molecule has 0 spiro atoms. The Labute approximate surface area is 179 Å². The third-order valence-corrected chi connectivity index (χ3v) is 5.82. The molecule has 1 amide bonds. The van der Waals surface area contributed by atoms with Gasteiger partial charge in [0.25, 0.3) is 5.91 Å². The van der Waals surface area contributed by atoms with Gasteiger partial charge in [-0.1, -0.05) is 12.1 Å². The summed E-state index contributed by atoms with van der Waals surface area (Å²) in [6.45, 7) is 2.02. The standard InChI is InChI=1S/C23H24N6O2/c1-28-7-5-15(6-8-28)23-25-13-20(31-23)22(30)27-21-10-18-9-16(3-4-17(18)11-24-21)19-12-26-29(2)14-19/h3-4,9-15H,5-8H2,1-2H3,(H,24,27,30). The number of aromatic nitrogens is 4. The number of hydrogen-bond acceptors (Lipinski definition) is 6. The molecule has 1 aliphatic heterocycles. The van der Waals surface area contributed by atoms with E-state index in [0.29, 0.717) is 11.7 Å². The van der Waals surface area contributed by atoms with Gasteiger partial charge < -0.3 is 14.6 Å². The number of pyridine rings is 1. The molecule has 1 aliphatic rings. The molecule has 1 aromatic carbocycles. The lowest BCUT2D eigenvalue weighted by atomic mass is 9.97. The minimum absolute atomic E-state index is 0.208. The van der Waals surface area contributed by atoms with Gasteiger partial charge in [-0.15, -0.1) is 0 Å². The van der Waals surface area contributed by atoms with Gasteiger partial charge in [0, 0.05) is 36.3 Å². The predicted molar refractivity (Wildman–Crippen MR) is 118 cm³/mol. The molecule has 158 valence electrons. The van der Waals surface area contributed by atoms with Crippen LogP contribution < -0.4 is 5.32 Å². The Morgan fingerprint density at radius 2 is 1.87 bits per heavy atom. The molecule has 1 fully saturated rings. The molecule has 1 N–H and O–H groups in total. The third kappa shape index (κ3) is 4.06. The smallest absolute Gasteiger partial charge is 0.294 e. The van der Waals surface area contributed by atoms with Crippen LogP contribution in [0.3, 0.4) is 0 Å². The van der Waals surface area contributed by atoms with Crippen LogP contribution >= 0.6 is 0 Å². The van der Waals surface area contributed by atoms with Crippen LogP contribution in [-0.2, 0) is 7.05 Å². The van der Waals surface area contributed by atoms with Gasteiger partial charge in [-0.05, 0) is 56.1 Å². The number of rotatable bonds is 4. The summed E-state index contributed by atoms with van der Waals surface area (Å²) in [6.07, 6.45) is 9.04. The van der Waals surface area contributed by atoms with Crippen molar-refractivity contribution in [3.8, 4) is 11.1 Å². The fourth-order valence-corrected chi connectivity index (χ4v) is 3.97. The first-order valence-corrected chi connectivity index (χ1v) is 10.4. The summed E-state index contributed by atoms with van der Waals surface area (Å²) in [7, 11) is 4.00. The lowest BCUT2D eigenvalue weighted by Crippen LogP contribution is -2.29. The monoisotopic (exact) mass is 416 g/mol. The molecule has 4 heterocycles. The van der Waals surface area contributed by atoms with Crippen molar-refractivity contribution in [1.82, 2.24) is 24.6 Å². The average Bonchev–Trinajstić information content (AvgIpc) is 3.43. The van der Waals surface area contributed by atoms with Gasteiger partial charge in [0.2, 0.25) is 5.76 Å². The Morgan fingerprint density at radius 3 is 2.65 bits per heavy atom. The van der Waals surface area contributed by atoms with Gasteiger partial charge in [-0.25, -0.2) is 9.97 Å². The topological polar surface area (TPSA) is 89.1 Å². The fourth-order valence-electron chi connectivity index (χ4n) is 3.97. The van der Waals surface area contributed by atoms with Crippen molar-refractivity contribution in [3.05, 3.63) is 60.7 Å². The van der Waals surface area contributed by atoms with Crippen LogP contribution in [0.2, 0.25) is 0 Å². The van der Waals surface area contributed by atoms with E-state index < -0.39 is 0 Å². The number of anilines is 1. The molecule has 5 rings (SSSR count). The van der Waals surface area contributed by atoms with Gasteiger partial charge in [0.1, 0.15) is 5.82 Å². The summed E-state index contributed by atoms with van der Waals surface area (Å²) in [5.41, 5.74) is 2.09. The summed E-state index contributed by atoms with van der Waals surface area (Å²) >= 11 is 0. The molecule has 0 aliphatic carbocycles. The van der Waals surface area contributed by atoms with Crippen molar-refractivity contribution in [3.63, 3.8) is 0 Å². The van der Waals surface area contributed by atoms with E-state index in [9.17, 15) is 4.79 Å². The number of benzene rings is 1. The van der Waals surface area contributed by atoms with Crippen molar-refractivity contribution >= 4 is 22.5 Å². The second-order valence-corrected chi connectivity index (χ2v) is 8.13. The Bertz CT molecular complexity index is 1240. The number of amides is 1. The molecule has 31 heavy (non-hydrogen) atoms. The van der Waals surface area contributed by atoms with E-state index in [1.54, 1.807) is 10.9 Å². The Morgan fingerprint density at radius 1 is 1.03 bits per heavy atom. The number of carbonyl (C=O) groups is 1. The molecule has 8 nitrogen and oxygen atoms in total. The lowest BCUT2D eigenvalue weighted by Gasteiger charge is -2.26. The van der Waals surface area contributed by atoms with E-state index >= 15 is 0 Å². The van der Waals surface area contributed by atoms with Crippen LogP contribution in [-0.4, -0.2) is 50.7 Å². The van der Waals surface area contributed by atoms with Gasteiger partial charge in [0.15, 0.2) is 5.89 Å². The molecule has 1 saturated heterocycles. The Balaban J connectivity index is 1.33. The van der Waals surface area contributed by atoms with Crippen LogP contribution in [0, 0.1) is 0 Å². The summed E-state index contributed by atoms with van der Waals surface area (Å²) in [5, 5.41) is 9.04. The second kappa shape index (κ2) is 7.96. The summed E-state index contributed by atoms with van der Waals surface area (Å²) in [5.74, 6) is 1.24. The Kier molecular flexibility index (Phi) is 4.99. The van der Waals surface area contributed by atoms with E-state index in [1.165, 1.54) is 6.20 Å². The maximum absolute atomic E-state index is 12.7. The van der Waals surface area contributed by atoms with Crippen LogP contribution in [0.4, 0.5) is 5.82 Å². The first-order valence-electron chi connectivity index (χ1n) is 10.4. The number of nitrogens with zero attached hydrogens (tertiary/aromatic N) is 5. The van der Waals surface area contributed by atoms with Crippen molar-refractivity contribution < 1.29 is 9.21 Å². The normalized spacial score (nSPS) is 15.4. The second-order valence-electron chi connectivity index (χ2n) is 8.13. The molecule has 0 saturated carbocycles.